The Hall–Kier alpha value is -3.41. The summed E-state index contributed by atoms with van der Waals surface area (Å²) in [7, 11) is 0. The number of fused-ring (bicyclic) bond motifs is 1. The molecule has 0 saturated carbocycles. The average Bonchev–Trinajstić information content (AvgIpc) is 2.62. The van der Waals surface area contributed by atoms with E-state index in [-0.39, 0.29) is 17.3 Å². The Morgan fingerprint density at radius 1 is 1.04 bits per heavy atom. The van der Waals surface area contributed by atoms with Gasteiger partial charge in [0.05, 0.1) is 4.92 Å². The Morgan fingerprint density at radius 3 is 2.52 bits per heavy atom. The normalized spacial score (nSPS) is 11.7. The maximum Gasteiger partial charge on any atom is 0.310 e. The van der Waals surface area contributed by atoms with Crippen LogP contribution in [-0.4, -0.2) is 16.9 Å². The van der Waals surface area contributed by atoms with Crippen molar-refractivity contribution in [2.24, 2.45) is 0 Å². The van der Waals surface area contributed by atoms with E-state index >= 15 is 0 Å². The smallest absolute Gasteiger partial charge is 0.310 e. The number of ether oxygens (including phenoxy) is 1. The average molecular weight is 336 g/mol. The van der Waals surface area contributed by atoms with E-state index in [9.17, 15) is 14.9 Å². The number of nitrogens with zero attached hydrogens (tertiary/aromatic N) is 1. The molecule has 25 heavy (non-hydrogen) atoms. The van der Waals surface area contributed by atoms with Crippen LogP contribution in [0.4, 0.5) is 11.4 Å². The fraction of sp³-hybridized carbons (Fsp3) is 0.105. The predicted octanol–water partition coefficient (Wildman–Crippen LogP) is 4.15. The minimum atomic E-state index is -0.889. The van der Waals surface area contributed by atoms with Crippen LogP contribution in [0.3, 0.4) is 0 Å². The lowest BCUT2D eigenvalue weighted by molar-refractivity contribution is -0.386. The first kappa shape index (κ1) is 16.4. The van der Waals surface area contributed by atoms with Gasteiger partial charge in [-0.05, 0) is 24.4 Å². The summed E-state index contributed by atoms with van der Waals surface area (Å²) >= 11 is 0. The number of hydrogen-bond donors (Lipinski definition) is 1. The maximum atomic E-state index is 12.4. The molecular formula is C19H16N2O4. The second-order valence-electron chi connectivity index (χ2n) is 5.50. The van der Waals surface area contributed by atoms with Gasteiger partial charge in [-0.1, -0.05) is 48.5 Å². The fourth-order valence-corrected chi connectivity index (χ4v) is 2.52. The van der Waals surface area contributed by atoms with Gasteiger partial charge < -0.3 is 10.1 Å². The number of nitrogens with one attached hydrogen (secondary N) is 1. The zero-order valence-corrected chi connectivity index (χ0v) is 13.5. The molecular weight excluding hydrogens is 320 g/mol. The molecule has 0 fully saturated rings. The number of hydrogen-bond acceptors (Lipinski definition) is 4. The largest absolute Gasteiger partial charge is 0.474 e. The second-order valence-corrected chi connectivity index (χ2v) is 5.50. The number of anilines is 1. The number of carbonyl (C=O) groups excluding carboxylic acids is 1. The summed E-state index contributed by atoms with van der Waals surface area (Å²) in [4.78, 5) is 22.9. The lowest BCUT2D eigenvalue weighted by Gasteiger charge is -2.15. The van der Waals surface area contributed by atoms with Crippen LogP contribution in [0.2, 0.25) is 0 Å². The first-order chi connectivity index (χ1) is 12.1. The molecule has 0 aliphatic heterocycles. The summed E-state index contributed by atoms with van der Waals surface area (Å²) < 4.78 is 5.50. The Labute approximate surface area is 144 Å². The van der Waals surface area contributed by atoms with Gasteiger partial charge in [0.15, 0.2) is 11.9 Å². The van der Waals surface area contributed by atoms with Gasteiger partial charge in [0.2, 0.25) is 0 Å². The third-order valence-electron chi connectivity index (χ3n) is 3.78. The molecule has 0 radical (unpaired) electrons. The van der Waals surface area contributed by atoms with Crippen LogP contribution in [0.15, 0.2) is 66.7 Å². The van der Waals surface area contributed by atoms with E-state index in [1.165, 1.54) is 12.1 Å². The first-order valence-electron chi connectivity index (χ1n) is 7.75. The van der Waals surface area contributed by atoms with Gasteiger partial charge in [0, 0.05) is 17.1 Å². The van der Waals surface area contributed by atoms with Crippen molar-refractivity contribution in [3.8, 4) is 5.75 Å². The number of nitro groups is 1. The molecule has 6 heteroatoms. The quantitative estimate of drug-likeness (QED) is 0.560. The van der Waals surface area contributed by atoms with Crippen molar-refractivity contribution in [3.63, 3.8) is 0 Å². The van der Waals surface area contributed by atoms with Crippen molar-refractivity contribution in [1.29, 1.82) is 0 Å². The number of nitro benzene ring substituents is 1. The second kappa shape index (κ2) is 7.00. The monoisotopic (exact) mass is 336 g/mol. The number of benzene rings is 3. The van der Waals surface area contributed by atoms with Crippen molar-refractivity contribution in [2.45, 2.75) is 13.0 Å². The lowest BCUT2D eigenvalue weighted by atomic mass is 10.1. The van der Waals surface area contributed by atoms with Gasteiger partial charge in [-0.3, -0.25) is 14.9 Å². The fourth-order valence-electron chi connectivity index (χ4n) is 2.52. The molecule has 3 rings (SSSR count). The third kappa shape index (κ3) is 3.58. The number of rotatable bonds is 5. The van der Waals surface area contributed by atoms with Crippen LogP contribution in [0.25, 0.3) is 10.8 Å². The third-order valence-corrected chi connectivity index (χ3v) is 3.78. The predicted molar refractivity (Wildman–Crippen MR) is 95.8 cm³/mol. The number of para-hydroxylation sites is 2. The van der Waals surface area contributed by atoms with Gasteiger partial charge in [-0.15, -0.1) is 0 Å². The van der Waals surface area contributed by atoms with Crippen molar-refractivity contribution in [1.82, 2.24) is 0 Å². The summed E-state index contributed by atoms with van der Waals surface area (Å²) in [5.74, 6) is -0.317. The molecule has 126 valence electrons. The summed E-state index contributed by atoms with van der Waals surface area (Å²) in [5.41, 5.74) is 0.494. The minimum Gasteiger partial charge on any atom is -0.474 e. The zero-order valence-electron chi connectivity index (χ0n) is 13.5. The molecule has 0 heterocycles. The van der Waals surface area contributed by atoms with E-state index in [0.717, 1.165) is 10.8 Å². The van der Waals surface area contributed by atoms with E-state index in [2.05, 4.69) is 5.32 Å². The molecule has 1 atom stereocenters. The van der Waals surface area contributed by atoms with Crippen molar-refractivity contribution < 1.29 is 14.5 Å². The Balaban J connectivity index is 1.78. The topological polar surface area (TPSA) is 81.5 Å². The van der Waals surface area contributed by atoms with Crippen molar-refractivity contribution in [3.05, 3.63) is 76.8 Å². The molecule has 0 aliphatic rings. The highest BCUT2D eigenvalue weighted by Gasteiger charge is 2.21. The van der Waals surface area contributed by atoms with Crippen LogP contribution in [-0.2, 0) is 4.79 Å². The first-order valence-corrected chi connectivity index (χ1v) is 7.75. The van der Waals surface area contributed by atoms with E-state index in [4.69, 9.17) is 4.74 Å². The molecule has 0 bridgehead atoms. The molecule has 0 saturated heterocycles. The van der Waals surface area contributed by atoms with Crippen molar-refractivity contribution in [2.75, 3.05) is 5.32 Å². The van der Waals surface area contributed by atoms with Gasteiger partial charge in [0.25, 0.3) is 5.91 Å². The number of carbonyl (C=O) groups is 1. The Morgan fingerprint density at radius 2 is 1.72 bits per heavy atom. The summed E-state index contributed by atoms with van der Waals surface area (Å²) in [6.45, 7) is 1.55. The SMILES string of the molecule is CC(Oc1ccccc1[N+](=O)[O-])C(=O)Nc1cccc2ccccc12. The van der Waals surface area contributed by atoms with E-state index in [0.29, 0.717) is 5.69 Å². The molecule has 3 aromatic rings. The molecule has 0 spiro atoms. The molecule has 0 aromatic heterocycles. The molecule has 3 aromatic carbocycles. The van der Waals surface area contributed by atoms with Gasteiger partial charge in [0.1, 0.15) is 0 Å². The molecule has 1 N–H and O–H groups in total. The molecule has 0 aliphatic carbocycles. The Kier molecular flexibility index (Phi) is 4.61. The zero-order chi connectivity index (χ0) is 17.8. The summed E-state index contributed by atoms with van der Waals surface area (Å²) in [6, 6.07) is 19.3. The van der Waals surface area contributed by atoms with Crippen LogP contribution in [0, 0.1) is 10.1 Å². The van der Waals surface area contributed by atoms with Crippen LogP contribution in [0.1, 0.15) is 6.92 Å². The highest BCUT2D eigenvalue weighted by Crippen LogP contribution is 2.27. The lowest BCUT2D eigenvalue weighted by Crippen LogP contribution is -2.30. The minimum absolute atomic E-state index is 0.0630. The Bertz CT molecular complexity index is 934. The van der Waals surface area contributed by atoms with Crippen molar-refractivity contribution >= 4 is 28.1 Å². The van der Waals surface area contributed by atoms with E-state index < -0.39 is 11.0 Å². The molecule has 1 unspecified atom stereocenters. The summed E-state index contributed by atoms with van der Waals surface area (Å²) in [5, 5.41) is 15.8. The maximum absolute atomic E-state index is 12.4. The van der Waals surface area contributed by atoms with E-state index in [1.54, 1.807) is 25.1 Å². The number of amides is 1. The standard InChI is InChI=1S/C19H16N2O4/c1-13(25-18-12-5-4-11-17(18)21(23)24)19(22)20-16-10-6-8-14-7-2-3-9-15(14)16/h2-13H,1H3,(H,20,22). The van der Waals surface area contributed by atoms with Crippen LogP contribution in [0.5, 0.6) is 5.75 Å². The summed E-state index contributed by atoms with van der Waals surface area (Å²) in [6.07, 6.45) is -0.889. The van der Waals surface area contributed by atoms with Gasteiger partial charge in [-0.2, -0.15) is 0 Å². The van der Waals surface area contributed by atoms with Crippen LogP contribution < -0.4 is 10.1 Å². The van der Waals surface area contributed by atoms with Gasteiger partial charge in [-0.25, -0.2) is 0 Å². The van der Waals surface area contributed by atoms with E-state index in [1.807, 2.05) is 36.4 Å². The van der Waals surface area contributed by atoms with Crippen LogP contribution >= 0.6 is 0 Å². The molecule has 6 nitrogen and oxygen atoms in total. The highest BCUT2D eigenvalue weighted by molar-refractivity contribution is 6.03. The molecule has 1 amide bonds. The van der Waals surface area contributed by atoms with Gasteiger partial charge >= 0.3 is 5.69 Å². The highest BCUT2D eigenvalue weighted by atomic mass is 16.6.